The zero-order valence-corrected chi connectivity index (χ0v) is 20.0. The van der Waals surface area contributed by atoms with Gasteiger partial charge in [-0.05, 0) is 36.8 Å². The van der Waals surface area contributed by atoms with E-state index >= 15 is 0 Å². The van der Waals surface area contributed by atoms with Gasteiger partial charge in [-0.3, -0.25) is 14.4 Å². The second-order valence-electron chi connectivity index (χ2n) is 7.15. The van der Waals surface area contributed by atoms with Crippen LogP contribution in [0.1, 0.15) is 18.4 Å². The van der Waals surface area contributed by atoms with Gasteiger partial charge in [-0.25, -0.2) is 0 Å². The van der Waals surface area contributed by atoms with Crippen LogP contribution in [-0.2, 0) is 19.1 Å². The van der Waals surface area contributed by atoms with Gasteiger partial charge in [0, 0.05) is 11.6 Å². The Bertz CT molecular complexity index is 1160. The Morgan fingerprint density at radius 3 is 2.59 bits per heavy atom. The molecule has 1 aliphatic rings. The number of carbonyl (C=O) groups is 3. The minimum absolute atomic E-state index is 0.0602. The molecular formula is C24H22ClN3O5S. The summed E-state index contributed by atoms with van der Waals surface area (Å²) in [6.07, 6.45) is 0. The number of anilines is 1. The fourth-order valence-electron chi connectivity index (χ4n) is 3.52. The molecule has 0 fully saturated rings. The van der Waals surface area contributed by atoms with Crippen LogP contribution in [-0.4, -0.2) is 37.3 Å². The van der Waals surface area contributed by atoms with Gasteiger partial charge in [-0.15, -0.1) is 0 Å². The molecule has 0 bridgehead atoms. The van der Waals surface area contributed by atoms with Crippen LogP contribution in [0.15, 0.2) is 59.1 Å². The standard InChI is InChI=1S/C24H22ClN3O5S/c1-3-33-18-10-9-14(11-17(18)25)20-16(12-26)23(28-22(30)21(20)24(31)32-2)34-13-19(29)27-15-7-5-4-6-8-15/h4-11,20-21H,3,13H2,1-2H3,(H,27,29)(H,28,30)/t20-,21-/m0/s1. The predicted octanol–water partition coefficient (Wildman–Crippen LogP) is 3.85. The third-order valence-corrected chi connectivity index (χ3v) is 6.32. The van der Waals surface area contributed by atoms with E-state index in [1.54, 1.807) is 42.5 Å². The molecule has 2 aromatic carbocycles. The van der Waals surface area contributed by atoms with E-state index in [2.05, 4.69) is 16.7 Å². The van der Waals surface area contributed by atoms with E-state index in [-0.39, 0.29) is 27.3 Å². The van der Waals surface area contributed by atoms with Gasteiger partial charge in [0.05, 0.1) is 41.2 Å². The number of nitrogens with one attached hydrogen (secondary N) is 2. The maximum atomic E-state index is 12.9. The van der Waals surface area contributed by atoms with E-state index in [1.807, 2.05) is 13.0 Å². The molecule has 0 radical (unpaired) electrons. The number of rotatable bonds is 8. The highest BCUT2D eigenvalue weighted by molar-refractivity contribution is 8.03. The Hall–Kier alpha value is -3.48. The number of halogens is 1. The van der Waals surface area contributed by atoms with E-state index < -0.39 is 23.7 Å². The topological polar surface area (TPSA) is 118 Å². The second-order valence-corrected chi connectivity index (χ2v) is 8.54. The van der Waals surface area contributed by atoms with Gasteiger partial charge in [0.25, 0.3) is 0 Å². The monoisotopic (exact) mass is 499 g/mol. The Balaban J connectivity index is 1.94. The average Bonchev–Trinajstić information content (AvgIpc) is 2.83. The lowest BCUT2D eigenvalue weighted by molar-refractivity contribution is -0.150. The summed E-state index contributed by atoms with van der Waals surface area (Å²) in [6, 6.07) is 15.8. The van der Waals surface area contributed by atoms with Crippen molar-refractivity contribution in [1.29, 1.82) is 5.26 Å². The molecular weight excluding hydrogens is 478 g/mol. The van der Waals surface area contributed by atoms with Crippen molar-refractivity contribution in [2.75, 3.05) is 24.8 Å². The van der Waals surface area contributed by atoms with Crippen LogP contribution >= 0.6 is 23.4 Å². The Morgan fingerprint density at radius 2 is 1.97 bits per heavy atom. The van der Waals surface area contributed by atoms with Crippen LogP contribution in [0.5, 0.6) is 5.75 Å². The number of hydrogen-bond donors (Lipinski definition) is 2. The van der Waals surface area contributed by atoms with Gasteiger partial charge >= 0.3 is 5.97 Å². The normalized spacial score (nSPS) is 17.4. The first kappa shape index (κ1) is 25.1. The summed E-state index contributed by atoms with van der Waals surface area (Å²) in [4.78, 5) is 37.8. The molecule has 0 aromatic heterocycles. The summed E-state index contributed by atoms with van der Waals surface area (Å²) in [5.74, 6) is -3.59. The zero-order chi connectivity index (χ0) is 24.7. The van der Waals surface area contributed by atoms with Crippen molar-refractivity contribution in [1.82, 2.24) is 5.32 Å². The summed E-state index contributed by atoms with van der Waals surface area (Å²) in [5.41, 5.74) is 1.23. The lowest BCUT2D eigenvalue weighted by Gasteiger charge is -2.31. The SMILES string of the molecule is CCOc1ccc([C@H]2C(C#N)=C(SCC(=O)Nc3ccccc3)NC(=O)[C@H]2C(=O)OC)cc1Cl. The molecule has 0 saturated heterocycles. The van der Waals surface area contributed by atoms with Crippen molar-refractivity contribution in [2.24, 2.45) is 5.92 Å². The summed E-state index contributed by atoms with van der Waals surface area (Å²) < 4.78 is 10.3. The van der Waals surface area contributed by atoms with Crippen LogP contribution in [0.2, 0.25) is 5.02 Å². The molecule has 8 nitrogen and oxygen atoms in total. The number of amides is 2. The van der Waals surface area contributed by atoms with Crippen molar-refractivity contribution >= 4 is 46.8 Å². The number of nitrogens with zero attached hydrogens (tertiary/aromatic N) is 1. The fourth-order valence-corrected chi connectivity index (χ4v) is 4.61. The highest BCUT2D eigenvalue weighted by Gasteiger charge is 2.44. The van der Waals surface area contributed by atoms with E-state index in [9.17, 15) is 19.6 Å². The van der Waals surface area contributed by atoms with E-state index in [0.717, 1.165) is 11.8 Å². The van der Waals surface area contributed by atoms with Gasteiger partial charge in [0.2, 0.25) is 11.8 Å². The first-order valence-corrected chi connectivity index (χ1v) is 11.7. The Morgan fingerprint density at radius 1 is 1.24 bits per heavy atom. The molecule has 0 saturated carbocycles. The number of benzene rings is 2. The molecule has 10 heteroatoms. The van der Waals surface area contributed by atoms with Crippen LogP contribution in [0.25, 0.3) is 0 Å². The average molecular weight is 500 g/mol. The number of allylic oxidation sites excluding steroid dienone is 1. The number of ether oxygens (including phenoxy) is 2. The molecule has 0 aliphatic carbocycles. The maximum absolute atomic E-state index is 12.9. The molecule has 2 amide bonds. The van der Waals surface area contributed by atoms with Gasteiger partial charge in [0.15, 0.2) is 0 Å². The van der Waals surface area contributed by atoms with E-state index in [0.29, 0.717) is 23.6 Å². The van der Waals surface area contributed by atoms with Crippen molar-refractivity contribution in [2.45, 2.75) is 12.8 Å². The van der Waals surface area contributed by atoms with Crippen molar-refractivity contribution in [3.63, 3.8) is 0 Å². The number of carbonyl (C=O) groups excluding carboxylic acids is 3. The molecule has 1 heterocycles. The number of methoxy groups -OCH3 is 1. The molecule has 34 heavy (non-hydrogen) atoms. The summed E-state index contributed by atoms with van der Waals surface area (Å²) in [5, 5.41) is 15.8. The quantitative estimate of drug-likeness (QED) is 0.418. The number of esters is 1. The third kappa shape index (κ3) is 5.71. The first-order valence-electron chi connectivity index (χ1n) is 10.3. The van der Waals surface area contributed by atoms with Crippen LogP contribution in [0, 0.1) is 17.2 Å². The van der Waals surface area contributed by atoms with Gasteiger partial charge in [-0.1, -0.05) is 47.6 Å². The second kappa shape index (κ2) is 11.6. The maximum Gasteiger partial charge on any atom is 0.319 e. The molecule has 0 spiro atoms. The van der Waals surface area contributed by atoms with Crippen molar-refractivity contribution in [3.8, 4) is 11.8 Å². The van der Waals surface area contributed by atoms with Crippen molar-refractivity contribution < 1.29 is 23.9 Å². The molecule has 0 unspecified atom stereocenters. The Kier molecular flexibility index (Phi) is 8.57. The predicted molar refractivity (Wildman–Crippen MR) is 129 cm³/mol. The minimum Gasteiger partial charge on any atom is -0.492 e. The molecule has 2 atom stereocenters. The lowest BCUT2D eigenvalue weighted by atomic mass is 9.78. The molecule has 2 N–H and O–H groups in total. The van der Waals surface area contributed by atoms with E-state index in [1.165, 1.54) is 7.11 Å². The Labute approximate surface area is 206 Å². The lowest BCUT2D eigenvalue weighted by Crippen LogP contribution is -2.44. The fraction of sp³-hybridized carbons (Fsp3) is 0.250. The third-order valence-electron chi connectivity index (χ3n) is 5.00. The number of thioether (sulfide) groups is 1. The van der Waals surface area contributed by atoms with Gasteiger partial charge in [-0.2, -0.15) is 5.26 Å². The summed E-state index contributed by atoms with van der Waals surface area (Å²) in [6.45, 7) is 2.22. The first-order chi connectivity index (χ1) is 16.4. The zero-order valence-electron chi connectivity index (χ0n) is 18.5. The highest BCUT2D eigenvalue weighted by atomic mass is 35.5. The van der Waals surface area contributed by atoms with Crippen molar-refractivity contribution in [3.05, 3.63) is 69.7 Å². The molecule has 1 aliphatic heterocycles. The van der Waals surface area contributed by atoms with E-state index in [4.69, 9.17) is 21.1 Å². The van der Waals surface area contributed by atoms with Gasteiger partial charge < -0.3 is 20.1 Å². The van der Waals surface area contributed by atoms with Gasteiger partial charge in [0.1, 0.15) is 11.7 Å². The number of hydrogen-bond acceptors (Lipinski definition) is 7. The molecule has 176 valence electrons. The van der Waals surface area contributed by atoms with Crippen LogP contribution in [0.4, 0.5) is 5.69 Å². The minimum atomic E-state index is -1.30. The number of para-hydroxylation sites is 1. The summed E-state index contributed by atoms with van der Waals surface area (Å²) in [7, 11) is 1.17. The highest BCUT2D eigenvalue weighted by Crippen LogP contribution is 2.42. The largest absolute Gasteiger partial charge is 0.492 e. The molecule has 2 aromatic rings. The smallest absolute Gasteiger partial charge is 0.319 e. The van der Waals surface area contributed by atoms with Crippen LogP contribution < -0.4 is 15.4 Å². The number of nitriles is 1. The summed E-state index contributed by atoms with van der Waals surface area (Å²) >= 11 is 7.33. The van der Waals surface area contributed by atoms with Crippen LogP contribution in [0.3, 0.4) is 0 Å². The molecule has 3 rings (SSSR count).